The van der Waals surface area contributed by atoms with Crippen LogP contribution in [0.1, 0.15) is 12.8 Å². The molecule has 0 heterocycles. The molecule has 0 saturated heterocycles. The van der Waals surface area contributed by atoms with E-state index >= 15 is 0 Å². The van der Waals surface area contributed by atoms with Gasteiger partial charge in [-0.15, -0.1) is 0 Å². The van der Waals surface area contributed by atoms with Crippen LogP contribution in [0.25, 0.3) is 0 Å². The molecule has 43 valence electrons. The molecule has 0 fully saturated rings. The summed E-state index contributed by atoms with van der Waals surface area (Å²) in [7, 11) is 0. The Balaban J connectivity index is 2.45. The quantitative estimate of drug-likeness (QED) is 0.389. The van der Waals surface area contributed by atoms with Gasteiger partial charge in [-0.25, -0.2) is 0 Å². The van der Waals surface area contributed by atoms with Crippen LogP contribution in [0.4, 0.5) is 0 Å². The summed E-state index contributed by atoms with van der Waals surface area (Å²) in [6.07, 6.45) is 2.12. The molecule has 0 atom stereocenters. The van der Waals surface area contributed by atoms with Gasteiger partial charge in [0, 0.05) is 6.67 Å². The highest BCUT2D eigenvalue weighted by Gasteiger charge is 1.77. The molecule has 2 nitrogen and oxygen atoms in total. The largest absolute Gasteiger partial charge is 0.318 e. The topological polar surface area (TPSA) is 38.0 Å². The standard InChI is InChI=1S/C5H13N2/c1-2-3-4-7-5-6/h7H,1-6H2. The minimum Gasteiger partial charge on any atom is -0.318 e. The van der Waals surface area contributed by atoms with Crippen molar-refractivity contribution in [2.75, 3.05) is 13.2 Å². The molecule has 0 amide bonds. The zero-order valence-electron chi connectivity index (χ0n) is 4.61. The van der Waals surface area contributed by atoms with Gasteiger partial charge in [0.15, 0.2) is 0 Å². The van der Waals surface area contributed by atoms with Crippen LogP contribution in [0, 0.1) is 6.92 Å². The van der Waals surface area contributed by atoms with Gasteiger partial charge in [0.2, 0.25) is 0 Å². The Labute approximate surface area is 45.1 Å². The molecule has 0 aliphatic heterocycles. The molecule has 0 spiro atoms. The van der Waals surface area contributed by atoms with Gasteiger partial charge >= 0.3 is 0 Å². The highest BCUT2D eigenvalue weighted by Crippen LogP contribution is 1.79. The summed E-state index contributed by atoms with van der Waals surface area (Å²) in [5.74, 6) is 0. The molecule has 3 N–H and O–H groups in total. The number of hydrogen-bond donors (Lipinski definition) is 2. The average molecular weight is 101 g/mol. The van der Waals surface area contributed by atoms with Crippen molar-refractivity contribution in [3.8, 4) is 0 Å². The zero-order chi connectivity index (χ0) is 5.54. The van der Waals surface area contributed by atoms with Crippen LogP contribution in [0.5, 0.6) is 0 Å². The molecule has 0 aliphatic carbocycles. The second-order valence-corrected chi connectivity index (χ2v) is 1.41. The minimum absolute atomic E-state index is 0.583. The third-order valence-electron chi connectivity index (χ3n) is 0.748. The Morgan fingerprint density at radius 1 is 1.57 bits per heavy atom. The third-order valence-corrected chi connectivity index (χ3v) is 0.748. The Hall–Kier alpha value is -0.0800. The number of unbranched alkanes of at least 4 members (excludes halogenated alkanes) is 1. The Kier molecular flexibility index (Phi) is 5.85. The van der Waals surface area contributed by atoms with Crippen LogP contribution < -0.4 is 11.1 Å². The fraction of sp³-hybridized carbons (Fsp3) is 0.800. The lowest BCUT2D eigenvalue weighted by molar-refractivity contribution is 0.667. The lowest BCUT2D eigenvalue weighted by Crippen LogP contribution is -2.22. The Bertz CT molecular complexity index is 25.3. The first-order chi connectivity index (χ1) is 3.41. The minimum atomic E-state index is 0.583. The van der Waals surface area contributed by atoms with Crippen molar-refractivity contribution in [1.82, 2.24) is 5.32 Å². The average Bonchev–Trinajstić information content (AvgIpc) is 1.69. The van der Waals surface area contributed by atoms with Crippen LogP contribution in [0.2, 0.25) is 0 Å². The molecule has 0 unspecified atom stereocenters. The molecule has 0 aromatic rings. The Morgan fingerprint density at radius 2 is 2.29 bits per heavy atom. The highest BCUT2D eigenvalue weighted by molar-refractivity contribution is 4.44. The summed E-state index contributed by atoms with van der Waals surface area (Å²) >= 11 is 0. The van der Waals surface area contributed by atoms with E-state index in [1.165, 1.54) is 0 Å². The molecule has 0 aromatic heterocycles. The molecule has 2 heteroatoms. The normalized spacial score (nSPS) is 9.43. The van der Waals surface area contributed by atoms with E-state index in [1.54, 1.807) is 0 Å². The van der Waals surface area contributed by atoms with Crippen molar-refractivity contribution in [2.24, 2.45) is 5.73 Å². The smallest absolute Gasteiger partial charge is 0.0428 e. The lowest BCUT2D eigenvalue weighted by Gasteiger charge is -1.95. The first-order valence-corrected chi connectivity index (χ1v) is 2.62. The molecule has 0 aliphatic rings. The van der Waals surface area contributed by atoms with Crippen molar-refractivity contribution >= 4 is 0 Å². The van der Waals surface area contributed by atoms with Gasteiger partial charge in [-0.2, -0.15) is 0 Å². The highest BCUT2D eigenvalue weighted by atomic mass is 14.9. The van der Waals surface area contributed by atoms with Crippen molar-refractivity contribution in [2.45, 2.75) is 12.8 Å². The molecule has 0 bridgehead atoms. The van der Waals surface area contributed by atoms with E-state index < -0.39 is 0 Å². The zero-order valence-corrected chi connectivity index (χ0v) is 4.61. The fourth-order valence-corrected chi connectivity index (χ4v) is 0.352. The second kappa shape index (κ2) is 5.92. The van der Waals surface area contributed by atoms with E-state index in [2.05, 4.69) is 12.2 Å². The van der Waals surface area contributed by atoms with Crippen molar-refractivity contribution < 1.29 is 0 Å². The fourth-order valence-electron chi connectivity index (χ4n) is 0.352. The van der Waals surface area contributed by atoms with Crippen molar-refractivity contribution in [3.05, 3.63) is 6.92 Å². The van der Waals surface area contributed by atoms with Gasteiger partial charge in [0.1, 0.15) is 0 Å². The van der Waals surface area contributed by atoms with E-state index in [-0.39, 0.29) is 0 Å². The molecule has 1 radical (unpaired) electrons. The molecule has 7 heavy (non-hydrogen) atoms. The third kappa shape index (κ3) is 5.92. The van der Waals surface area contributed by atoms with Gasteiger partial charge in [-0.3, -0.25) is 0 Å². The van der Waals surface area contributed by atoms with Crippen molar-refractivity contribution in [1.29, 1.82) is 0 Å². The Morgan fingerprint density at radius 3 is 2.71 bits per heavy atom. The first-order valence-electron chi connectivity index (χ1n) is 2.62. The van der Waals surface area contributed by atoms with E-state index in [1.807, 2.05) is 0 Å². The summed E-state index contributed by atoms with van der Waals surface area (Å²) in [5, 5.41) is 2.99. The maximum atomic E-state index is 5.14. The summed E-state index contributed by atoms with van der Waals surface area (Å²) in [4.78, 5) is 0. The maximum absolute atomic E-state index is 5.14. The summed E-state index contributed by atoms with van der Waals surface area (Å²) < 4.78 is 0. The lowest BCUT2D eigenvalue weighted by atomic mass is 10.3. The van der Waals surface area contributed by atoms with Crippen molar-refractivity contribution in [3.63, 3.8) is 0 Å². The number of nitrogens with one attached hydrogen (secondary N) is 1. The number of hydrogen-bond acceptors (Lipinski definition) is 2. The first kappa shape index (κ1) is 6.92. The molecular formula is C5H13N2. The van der Waals surface area contributed by atoms with Gasteiger partial charge in [-0.1, -0.05) is 13.3 Å². The van der Waals surface area contributed by atoms with Crippen LogP contribution in [-0.4, -0.2) is 13.2 Å². The summed E-state index contributed by atoms with van der Waals surface area (Å²) in [6.45, 7) is 5.26. The molecule has 0 aromatic carbocycles. The second-order valence-electron chi connectivity index (χ2n) is 1.41. The molecular weight excluding hydrogens is 88.1 g/mol. The van der Waals surface area contributed by atoms with Crippen LogP contribution in [-0.2, 0) is 0 Å². The van der Waals surface area contributed by atoms with Gasteiger partial charge < -0.3 is 11.1 Å². The van der Waals surface area contributed by atoms with Gasteiger partial charge in [-0.05, 0) is 13.0 Å². The van der Waals surface area contributed by atoms with Gasteiger partial charge in [0.25, 0.3) is 0 Å². The molecule has 0 rings (SSSR count). The van der Waals surface area contributed by atoms with Crippen LogP contribution >= 0.6 is 0 Å². The SMILES string of the molecule is [CH2]CCCNCN. The van der Waals surface area contributed by atoms with E-state index in [0.717, 1.165) is 19.4 Å². The predicted octanol–water partition coefficient (Wildman–Crippen LogP) is 0.106. The summed E-state index contributed by atoms with van der Waals surface area (Å²) in [6, 6.07) is 0. The number of nitrogens with two attached hydrogens (primary N) is 1. The van der Waals surface area contributed by atoms with E-state index in [0.29, 0.717) is 6.67 Å². The molecule has 0 saturated carbocycles. The van der Waals surface area contributed by atoms with Crippen LogP contribution in [0.3, 0.4) is 0 Å². The predicted molar refractivity (Wildman–Crippen MR) is 31.6 cm³/mol. The monoisotopic (exact) mass is 101 g/mol. The van der Waals surface area contributed by atoms with Crippen LogP contribution in [0.15, 0.2) is 0 Å². The van der Waals surface area contributed by atoms with E-state index in [4.69, 9.17) is 5.73 Å². The van der Waals surface area contributed by atoms with E-state index in [9.17, 15) is 0 Å². The maximum Gasteiger partial charge on any atom is 0.0428 e. The van der Waals surface area contributed by atoms with Gasteiger partial charge in [0.05, 0.1) is 0 Å². The summed E-state index contributed by atoms with van der Waals surface area (Å²) in [5.41, 5.74) is 5.14. The number of rotatable bonds is 4.